The van der Waals surface area contributed by atoms with Crippen LogP contribution < -0.4 is 5.32 Å². The molecule has 0 aromatic carbocycles. The molecule has 0 atom stereocenters. The summed E-state index contributed by atoms with van der Waals surface area (Å²) in [7, 11) is 0. The van der Waals surface area contributed by atoms with E-state index < -0.39 is 0 Å². The number of piperidine rings is 1. The summed E-state index contributed by atoms with van der Waals surface area (Å²) in [6.07, 6.45) is 11.5. The van der Waals surface area contributed by atoms with E-state index in [4.69, 9.17) is 0 Å². The first-order valence-corrected chi connectivity index (χ1v) is 11.1. The van der Waals surface area contributed by atoms with Gasteiger partial charge in [0.25, 0.3) is 0 Å². The maximum Gasteiger partial charge on any atom is 0.188 e. The lowest BCUT2D eigenvalue weighted by Gasteiger charge is -2.26. The van der Waals surface area contributed by atoms with E-state index in [9.17, 15) is 0 Å². The van der Waals surface area contributed by atoms with E-state index in [-0.39, 0.29) is 0 Å². The Morgan fingerprint density at radius 2 is 1.96 bits per heavy atom. The van der Waals surface area contributed by atoms with Crippen molar-refractivity contribution in [3.63, 3.8) is 0 Å². The van der Waals surface area contributed by atoms with Crippen LogP contribution in [-0.4, -0.2) is 44.2 Å². The second-order valence-electron chi connectivity index (χ2n) is 6.47. The molecule has 1 saturated heterocycles. The fraction of sp³-hybridized carbons (Fsp3) is 0.368. The van der Waals surface area contributed by atoms with Gasteiger partial charge in [0.2, 0.25) is 0 Å². The van der Waals surface area contributed by atoms with Crippen LogP contribution in [0.4, 0.5) is 10.9 Å². The molecule has 27 heavy (non-hydrogen) atoms. The molecule has 1 fully saturated rings. The minimum absolute atomic E-state index is 0.765. The van der Waals surface area contributed by atoms with Gasteiger partial charge in [-0.05, 0) is 49.9 Å². The number of hydrogen-bond acceptors (Lipinski definition) is 8. The van der Waals surface area contributed by atoms with E-state index >= 15 is 0 Å². The quantitative estimate of drug-likeness (QED) is 0.486. The van der Waals surface area contributed by atoms with Gasteiger partial charge in [0.1, 0.15) is 5.82 Å². The predicted molar refractivity (Wildman–Crippen MR) is 112 cm³/mol. The van der Waals surface area contributed by atoms with Gasteiger partial charge in [-0.3, -0.25) is 4.90 Å². The van der Waals surface area contributed by atoms with Crippen LogP contribution >= 0.6 is 23.1 Å². The number of nitrogens with one attached hydrogen (secondary N) is 1. The van der Waals surface area contributed by atoms with E-state index in [0.29, 0.717) is 0 Å². The summed E-state index contributed by atoms with van der Waals surface area (Å²) < 4.78 is 0. The van der Waals surface area contributed by atoms with Crippen molar-refractivity contribution in [2.75, 3.05) is 24.7 Å². The molecule has 1 aliphatic rings. The summed E-state index contributed by atoms with van der Waals surface area (Å²) in [5, 5.41) is 4.86. The molecule has 0 radical (unpaired) electrons. The number of rotatable bonds is 6. The highest BCUT2D eigenvalue weighted by Crippen LogP contribution is 2.29. The molecule has 4 heterocycles. The molecule has 1 aliphatic heterocycles. The molecule has 0 amide bonds. The smallest absolute Gasteiger partial charge is 0.188 e. The minimum atomic E-state index is 0.765. The number of nitrogens with zero attached hydrogens (tertiary/aromatic N) is 5. The zero-order chi connectivity index (χ0) is 18.5. The summed E-state index contributed by atoms with van der Waals surface area (Å²) in [5.74, 6) is 0.811. The first-order chi connectivity index (χ1) is 13.3. The average Bonchev–Trinajstić information content (AvgIpc) is 3.19. The zero-order valence-corrected chi connectivity index (χ0v) is 16.9. The van der Waals surface area contributed by atoms with E-state index in [1.54, 1.807) is 17.5 Å². The monoisotopic (exact) mass is 398 g/mol. The second kappa shape index (κ2) is 8.77. The van der Waals surface area contributed by atoms with Gasteiger partial charge in [-0.15, -0.1) is 0 Å². The molecule has 6 nitrogen and oxygen atoms in total. The Balaban J connectivity index is 1.39. The number of likely N-dealkylation sites (tertiary alicyclic amines) is 1. The van der Waals surface area contributed by atoms with Gasteiger partial charge < -0.3 is 5.32 Å². The minimum Gasteiger partial charge on any atom is -0.316 e. The molecule has 0 unspecified atom stereocenters. The molecular weight excluding hydrogens is 376 g/mol. The van der Waals surface area contributed by atoms with Gasteiger partial charge in [0.05, 0.1) is 10.6 Å². The lowest BCUT2D eigenvalue weighted by molar-refractivity contribution is 0.220. The molecule has 140 valence electrons. The fourth-order valence-electron chi connectivity index (χ4n) is 3.10. The summed E-state index contributed by atoms with van der Waals surface area (Å²) >= 11 is 3.10. The summed E-state index contributed by atoms with van der Waals surface area (Å²) in [6.45, 7) is 3.38. The third-order valence-electron chi connectivity index (χ3n) is 4.49. The van der Waals surface area contributed by atoms with Crippen LogP contribution in [0.3, 0.4) is 0 Å². The molecule has 4 rings (SSSR count). The number of pyridine rings is 1. The van der Waals surface area contributed by atoms with Gasteiger partial charge >= 0.3 is 0 Å². The van der Waals surface area contributed by atoms with E-state index in [0.717, 1.165) is 33.2 Å². The lowest BCUT2D eigenvalue weighted by Crippen LogP contribution is -2.29. The van der Waals surface area contributed by atoms with E-state index in [2.05, 4.69) is 36.2 Å². The molecule has 0 bridgehead atoms. The fourth-order valence-corrected chi connectivity index (χ4v) is 4.25. The van der Waals surface area contributed by atoms with Crippen molar-refractivity contribution in [2.45, 2.75) is 31.0 Å². The number of hydrogen-bond donors (Lipinski definition) is 1. The Kier molecular flexibility index (Phi) is 5.96. The molecule has 8 heteroatoms. The standard InChI is InChI=1S/C19H22N6S2/c1-26-18-20-8-7-15(23-18)16-12-22-19(27-16)24-17-6-5-14(11-21-17)13-25-9-3-2-4-10-25/h5-8,11-12H,2-4,9-10,13H2,1H3,(H,21,22,24). The molecule has 0 spiro atoms. The first kappa shape index (κ1) is 18.3. The lowest BCUT2D eigenvalue weighted by atomic mass is 10.1. The van der Waals surface area contributed by atoms with Crippen LogP contribution in [0.1, 0.15) is 24.8 Å². The zero-order valence-electron chi connectivity index (χ0n) is 15.3. The molecule has 0 saturated carbocycles. The Labute approximate surface area is 167 Å². The van der Waals surface area contributed by atoms with E-state index in [1.807, 2.05) is 30.8 Å². The van der Waals surface area contributed by atoms with Gasteiger partial charge in [-0.1, -0.05) is 35.6 Å². The Morgan fingerprint density at radius 3 is 2.74 bits per heavy atom. The third kappa shape index (κ3) is 4.82. The van der Waals surface area contributed by atoms with Crippen molar-refractivity contribution in [2.24, 2.45) is 0 Å². The van der Waals surface area contributed by atoms with Crippen molar-refractivity contribution in [1.82, 2.24) is 24.8 Å². The van der Waals surface area contributed by atoms with Crippen molar-refractivity contribution in [3.05, 3.63) is 42.4 Å². The van der Waals surface area contributed by atoms with Crippen LogP contribution in [0.25, 0.3) is 10.6 Å². The summed E-state index contributed by atoms with van der Waals surface area (Å²) in [6, 6.07) is 6.08. The highest BCUT2D eigenvalue weighted by molar-refractivity contribution is 7.98. The summed E-state index contributed by atoms with van der Waals surface area (Å²) in [5.41, 5.74) is 2.15. The van der Waals surface area contributed by atoms with Crippen molar-refractivity contribution < 1.29 is 0 Å². The van der Waals surface area contributed by atoms with E-state index in [1.165, 1.54) is 49.7 Å². The van der Waals surface area contributed by atoms with Crippen molar-refractivity contribution in [1.29, 1.82) is 0 Å². The maximum atomic E-state index is 4.55. The van der Waals surface area contributed by atoms with Gasteiger partial charge in [-0.2, -0.15) is 0 Å². The van der Waals surface area contributed by atoms with Crippen LogP contribution in [0.5, 0.6) is 0 Å². The topological polar surface area (TPSA) is 66.8 Å². The molecule has 1 N–H and O–H groups in total. The van der Waals surface area contributed by atoms with Crippen LogP contribution in [-0.2, 0) is 6.54 Å². The summed E-state index contributed by atoms with van der Waals surface area (Å²) in [4.78, 5) is 21.3. The van der Waals surface area contributed by atoms with Gasteiger partial charge in [0, 0.05) is 25.1 Å². The Hall–Kier alpha value is -2.03. The second-order valence-corrected chi connectivity index (χ2v) is 8.28. The SMILES string of the molecule is CSc1nccc(-c2cnc(Nc3ccc(CN4CCCCC4)cn3)s2)n1. The van der Waals surface area contributed by atoms with Crippen LogP contribution in [0, 0.1) is 0 Å². The highest BCUT2D eigenvalue weighted by Gasteiger charge is 2.11. The first-order valence-electron chi connectivity index (χ1n) is 9.08. The largest absolute Gasteiger partial charge is 0.316 e. The highest BCUT2D eigenvalue weighted by atomic mass is 32.2. The molecule has 3 aromatic heterocycles. The van der Waals surface area contributed by atoms with Crippen molar-refractivity contribution in [3.8, 4) is 10.6 Å². The molecular formula is C19H22N6S2. The van der Waals surface area contributed by atoms with Gasteiger partial charge in [0.15, 0.2) is 10.3 Å². The number of thiazole rings is 1. The van der Waals surface area contributed by atoms with Gasteiger partial charge in [-0.25, -0.2) is 19.9 Å². The van der Waals surface area contributed by atoms with Crippen LogP contribution in [0.15, 0.2) is 41.9 Å². The number of thioether (sulfide) groups is 1. The number of anilines is 2. The number of aromatic nitrogens is 4. The third-order valence-corrected chi connectivity index (χ3v) is 5.99. The average molecular weight is 399 g/mol. The molecule has 0 aliphatic carbocycles. The maximum absolute atomic E-state index is 4.55. The Bertz CT molecular complexity index is 874. The Morgan fingerprint density at radius 1 is 1.07 bits per heavy atom. The predicted octanol–water partition coefficient (Wildman–Crippen LogP) is 4.45. The van der Waals surface area contributed by atoms with Crippen molar-refractivity contribution >= 4 is 34.0 Å². The molecule has 3 aromatic rings. The van der Waals surface area contributed by atoms with Crippen LogP contribution in [0.2, 0.25) is 0 Å². The normalized spacial score (nSPS) is 15.0.